The Morgan fingerprint density at radius 2 is 1.57 bits per heavy atom. The topological polar surface area (TPSA) is 82.1 Å². The van der Waals surface area contributed by atoms with E-state index >= 15 is 0 Å². The van der Waals surface area contributed by atoms with Crippen molar-refractivity contribution < 1.29 is 28.9 Å². The van der Waals surface area contributed by atoms with Crippen LogP contribution in [0.4, 0.5) is 0 Å². The van der Waals surface area contributed by atoms with Gasteiger partial charge in [-0.15, -0.1) is 0 Å². The van der Waals surface area contributed by atoms with E-state index in [4.69, 9.17) is 14.2 Å². The Kier molecular flexibility index (Phi) is 6.88. The van der Waals surface area contributed by atoms with E-state index in [0.717, 1.165) is 0 Å². The van der Waals surface area contributed by atoms with E-state index in [0.29, 0.717) is 5.56 Å². The number of benzene rings is 1. The first-order valence-corrected chi connectivity index (χ1v) is 7.51. The summed E-state index contributed by atoms with van der Waals surface area (Å²) < 4.78 is 15.3. The Bertz CT molecular complexity index is 528. The van der Waals surface area contributed by atoms with Gasteiger partial charge >= 0.3 is 11.9 Å². The molecule has 0 saturated heterocycles. The van der Waals surface area contributed by atoms with Crippen LogP contribution in [0, 0.1) is 5.92 Å². The first kappa shape index (κ1) is 18.8. The van der Waals surface area contributed by atoms with Gasteiger partial charge in [0, 0.05) is 0 Å². The van der Waals surface area contributed by atoms with E-state index < -0.39 is 17.9 Å². The van der Waals surface area contributed by atoms with E-state index in [9.17, 15) is 14.7 Å². The van der Waals surface area contributed by atoms with Gasteiger partial charge in [-0.25, -0.2) is 0 Å². The minimum Gasteiger partial charge on any atom is -0.504 e. The predicted octanol–water partition coefficient (Wildman–Crippen LogP) is 2.46. The van der Waals surface area contributed by atoms with Crippen molar-refractivity contribution in [1.29, 1.82) is 0 Å². The van der Waals surface area contributed by atoms with Crippen LogP contribution in [0.15, 0.2) is 18.2 Å². The Balaban J connectivity index is 3.00. The number of esters is 2. The molecule has 0 saturated carbocycles. The molecule has 1 rings (SSSR count). The maximum Gasteiger partial charge on any atom is 0.320 e. The number of ether oxygens (including phenoxy) is 3. The molecule has 0 unspecified atom stereocenters. The van der Waals surface area contributed by atoms with E-state index in [2.05, 4.69) is 0 Å². The zero-order valence-corrected chi connectivity index (χ0v) is 14.2. The fraction of sp³-hybridized carbons (Fsp3) is 0.529. The van der Waals surface area contributed by atoms with Gasteiger partial charge in [-0.2, -0.15) is 0 Å². The molecule has 0 spiro atoms. The molecule has 0 fully saturated rings. The molecule has 23 heavy (non-hydrogen) atoms. The fourth-order valence-electron chi connectivity index (χ4n) is 1.98. The zero-order valence-electron chi connectivity index (χ0n) is 14.2. The van der Waals surface area contributed by atoms with Crippen molar-refractivity contribution in [3.05, 3.63) is 23.8 Å². The van der Waals surface area contributed by atoms with Gasteiger partial charge < -0.3 is 19.3 Å². The summed E-state index contributed by atoms with van der Waals surface area (Å²) in [6.07, 6.45) is -0.550. The summed E-state index contributed by atoms with van der Waals surface area (Å²) in [7, 11) is 1.43. The smallest absolute Gasteiger partial charge is 0.320 e. The van der Waals surface area contributed by atoms with Crippen LogP contribution >= 0.6 is 0 Å². The second-order valence-electron chi connectivity index (χ2n) is 5.73. The third-order valence-corrected chi connectivity index (χ3v) is 2.96. The number of hydrogen-bond donors (Lipinski definition) is 1. The van der Waals surface area contributed by atoms with Crippen LogP contribution in [-0.2, 0) is 25.5 Å². The van der Waals surface area contributed by atoms with Gasteiger partial charge in [-0.3, -0.25) is 9.59 Å². The van der Waals surface area contributed by atoms with Gasteiger partial charge in [0.2, 0.25) is 0 Å². The molecule has 0 aliphatic heterocycles. The highest BCUT2D eigenvalue weighted by atomic mass is 16.6. The van der Waals surface area contributed by atoms with Crippen molar-refractivity contribution in [2.45, 2.75) is 46.3 Å². The largest absolute Gasteiger partial charge is 0.504 e. The third kappa shape index (κ3) is 5.81. The highest BCUT2D eigenvalue weighted by molar-refractivity contribution is 5.95. The first-order valence-electron chi connectivity index (χ1n) is 7.51. The summed E-state index contributed by atoms with van der Waals surface area (Å²) >= 11 is 0. The Morgan fingerprint density at radius 3 is 2.00 bits per heavy atom. The molecule has 0 heterocycles. The molecule has 0 radical (unpaired) electrons. The standard InChI is InChI=1S/C17H24O6/c1-10(2)22-16(19)13(17(20)23-11(3)4)8-12-6-7-14(18)15(9-12)21-5/h6-7,9-11,13,18H,8H2,1-5H3. The molecule has 0 bridgehead atoms. The van der Waals surface area contributed by atoms with Gasteiger partial charge in [0.25, 0.3) is 0 Å². The predicted molar refractivity (Wildman–Crippen MR) is 84.3 cm³/mol. The van der Waals surface area contributed by atoms with Crippen LogP contribution < -0.4 is 4.74 Å². The van der Waals surface area contributed by atoms with Crippen molar-refractivity contribution in [2.75, 3.05) is 7.11 Å². The van der Waals surface area contributed by atoms with Crippen LogP contribution in [0.1, 0.15) is 33.3 Å². The molecule has 0 aromatic heterocycles. The molecule has 1 aromatic rings. The number of hydrogen-bond acceptors (Lipinski definition) is 6. The lowest BCUT2D eigenvalue weighted by atomic mass is 9.99. The van der Waals surface area contributed by atoms with Crippen LogP contribution in [-0.4, -0.2) is 36.4 Å². The molecule has 128 valence electrons. The van der Waals surface area contributed by atoms with Crippen LogP contribution in [0.2, 0.25) is 0 Å². The van der Waals surface area contributed by atoms with Crippen molar-refractivity contribution in [3.8, 4) is 11.5 Å². The second kappa shape index (κ2) is 8.41. The van der Waals surface area contributed by atoms with E-state index in [1.807, 2.05) is 0 Å². The molecule has 1 aromatic carbocycles. The number of methoxy groups -OCH3 is 1. The number of phenolic OH excluding ortho intramolecular Hbond substituents is 1. The van der Waals surface area contributed by atoms with Crippen LogP contribution in [0.5, 0.6) is 11.5 Å². The normalized spacial score (nSPS) is 11.0. The lowest BCUT2D eigenvalue weighted by molar-refractivity contribution is -0.166. The summed E-state index contributed by atoms with van der Waals surface area (Å²) in [6.45, 7) is 6.86. The molecule has 6 nitrogen and oxygen atoms in total. The first-order chi connectivity index (χ1) is 10.7. The molecular weight excluding hydrogens is 300 g/mol. The SMILES string of the molecule is COc1cc(CC(C(=O)OC(C)C)C(=O)OC(C)C)ccc1O. The molecule has 0 atom stereocenters. The van der Waals surface area contributed by atoms with Crippen molar-refractivity contribution in [3.63, 3.8) is 0 Å². The van der Waals surface area contributed by atoms with Crippen molar-refractivity contribution in [2.24, 2.45) is 5.92 Å². The highest BCUT2D eigenvalue weighted by Gasteiger charge is 2.31. The Labute approximate surface area is 136 Å². The lowest BCUT2D eigenvalue weighted by Crippen LogP contribution is -2.32. The average Bonchev–Trinajstić information content (AvgIpc) is 2.44. The highest BCUT2D eigenvalue weighted by Crippen LogP contribution is 2.27. The molecule has 6 heteroatoms. The minimum absolute atomic E-state index is 0.0117. The summed E-state index contributed by atoms with van der Waals surface area (Å²) in [5, 5.41) is 9.62. The summed E-state index contributed by atoms with van der Waals surface area (Å²) in [6, 6.07) is 4.65. The minimum atomic E-state index is -1.06. The van der Waals surface area contributed by atoms with Gasteiger partial charge in [0.05, 0.1) is 19.3 Å². The summed E-state index contributed by atoms with van der Waals surface area (Å²) in [5.74, 6) is -2.05. The summed E-state index contributed by atoms with van der Waals surface area (Å²) in [4.78, 5) is 24.4. The van der Waals surface area contributed by atoms with Gasteiger partial charge in [0.1, 0.15) is 0 Å². The quantitative estimate of drug-likeness (QED) is 0.613. The van der Waals surface area contributed by atoms with Gasteiger partial charge in [-0.05, 0) is 51.8 Å². The van der Waals surface area contributed by atoms with E-state index in [1.165, 1.54) is 13.2 Å². The van der Waals surface area contributed by atoms with Crippen molar-refractivity contribution in [1.82, 2.24) is 0 Å². The number of phenols is 1. The van der Waals surface area contributed by atoms with Gasteiger partial charge in [-0.1, -0.05) is 6.07 Å². The number of aromatic hydroxyl groups is 1. The zero-order chi connectivity index (χ0) is 17.6. The monoisotopic (exact) mass is 324 g/mol. The maximum atomic E-state index is 12.2. The molecule has 1 N–H and O–H groups in total. The number of rotatable bonds is 7. The average molecular weight is 324 g/mol. The lowest BCUT2D eigenvalue weighted by Gasteiger charge is -2.18. The Morgan fingerprint density at radius 1 is 1.04 bits per heavy atom. The third-order valence-electron chi connectivity index (χ3n) is 2.96. The Hall–Kier alpha value is -2.24. The molecule has 0 aliphatic carbocycles. The van der Waals surface area contributed by atoms with Crippen molar-refractivity contribution >= 4 is 11.9 Å². The molecule has 0 amide bonds. The van der Waals surface area contributed by atoms with E-state index in [-0.39, 0.29) is 30.1 Å². The second-order valence-corrected chi connectivity index (χ2v) is 5.73. The van der Waals surface area contributed by atoms with E-state index in [1.54, 1.807) is 39.8 Å². The van der Waals surface area contributed by atoms with Crippen LogP contribution in [0.25, 0.3) is 0 Å². The number of carbonyl (C=O) groups is 2. The van der Waals surface area contributed by atoms with Gasteiger partial charge in [0.15, 0.2) is 17.4 Å². The van der Waals surface area contributed by atoms with Crippen LogP contribution in [0.3, 0.4) is 0 Å². The number of carbonyl (C=O) groups excluding carboxylic acids is 2. The maximum absolute atomic E-state index is 12.2. The fourth-order valence-corrected chi connectivity index (χ4v) is 1.98. The summed E-state index contributed by atoms with van der Waals surface area (Å²) in [5.41, 5.74) is 0.658. The molecule has 0 aliphatic rings. The molecular formula is C17H24O6.